The van der Waals surface area contributed by atoms with E-state index in [0.717, 1.165) is 5.56 Å². The van der Waals surface area contributed by atoms with Gasteiger partial charge in [-0.2, -0.15) is 0 Å². The Hall–Kier alpha value is -1.59. The van der Waals surface area contributed by atoms with Crippen molar-refractivity contribution in [1.29, 1.82) is 0 Å². The fourth-order valence-corrected chi connectivity index (χ4v) is 2.38. The summed E-state index contributed by atoms with van der Waals surface area (Å²) in [5.41, 5.74) is 1.56. The average Bonchev–Trinajstić information content (AvgIpc) is 2.45. The van der Waals surface area contributed by atoms with Crippen LogP contribution in [0.15, 0.2) is 18.2 Å². The first-order valence-electron chi connectivity index (χ1n) is 6.97. The van der Waals surface area contributed by atoms with Gasteiger partial charge in [0.1, 0.15) is 6.10 Å². The molecule has 1 aromatic rings. The Morgan fingerprint density at radius 1 is 1.52 bits per heavy atom. The van der Waals surface area contributed by atoms with Crippen LogP contribution in [0.25, 0.3) is 0 Å². The molecule has 21 heavy (non-hydrogen) atoms. The van der Waals surface area contributed by atoms with E-state index in [9.17, 15) is 9.59 Å². The number of halogens is 1. The minimum Gasteiger partial charge on any atom is -0.366 e. The van der Waals surface area contributed by atoms with Crippen LogP contribution in [0.2, 0.25) is 5.02 Å². The zero-order valence-electron chi connectivity index (χ0n) is 12.2. The van der Waals surface area contributed by atoms with Crippen molar-refractivity contribution < 1.29 is 14.3 Å². The van der Waals surface area contributed by atoms with Crippen LogP contribution in [0, 0.1) is 6.92 Å². The molecule has 1 N–H and O–H groups in total. The molecule has 0 aliphatic carbocycles. The van der Waals surface area contributed by atoms with E-state index in [0.29, 0.717) is 30.4 Å². The topological polar surface area (TPSA) is 58.6 Å². The lowest BCUT2D eigenvalue weighted by molar-refractivity contribution is -0.154. The normalized spacial score (nSPS) is 18.7. The molecule has 1 aliphatic heterocycles. The van der Waals surface area contributed by atoms with Gasteiger partial charge in [0.2, 0.25) is 5.91 Å². The fraction of sp³-hybridized carbons (Fsp3) is 0.467. The molecule has 0 saturated carbocycles. The monoisotopic (exact) mass is 310 g/mol. The molecular weight excluding hydrogens is 292 g/mol. The molecule has 6 heteroatoms. The van der Waals surface area contributed by atoms with Gasteiger partial charge in [-0.05, 0) is 31.5 Å². The molecule has 0 radical (unpaired) electrons. The van der Waals surface area contributed by atoms with Gasteiger partial charge in [0.15, 0.2) is 0 Å². The minimum absolute atomic E-state index is 0.0147. The second-order valence-corrected chi connectivity index (χ2v) is 5.40. The van der Waals surface area contributed by atoms with E-state index in [1.807, 2.05) is 19.9 Å². The van der Waals surface area contributed by atoms with Crippen LogP contribution in [-0.2, 0) is 14.3 Å². The molecule has 2 rings (SSSR count). The lowest BCUT2D eigenvalue weighted by Crippen LogP contribution is -2.48. The standard InChI is InChI=1S/C15H19ClN2O3/c1-3-18-6-7-21-13(15(18)20)9-14(19)17-11-5-4-10(2)12(16)8-11/h4-5,8,13H,3,6-7,9H2,1-2H3,(H,17,19). The molecule has 0 bridgehead atoms. The zero-order valence-corrected chi connectivity index (χ0v) is 12.9. The number of hydrogen-bond donors (Lipinski definition) is 1. The number of hydrogen-bond acceptors (Lipinski definition) is 3. The Kier molecular flexibility index (Phi) is 5.20. The third-order valence-electron chi connectivity index (χ3n) is 3.48. The van der Waals surface area contributed by atoms with Crippen molar-refractivity contribution in [1.82, 2.24) is 4.90 Å². The molecule has 1 aromatic carbocycles. The molecular formula is C15H19ClN2O3. The number of amides is 2. The third kappa shape index (κ3) is 3.95. The van der Waals surface area contributed by atoms with Crippen molar-refractivity contribution in [2.75, 3.05) is 25.0 Å². The number of rotatable bonds is 4. The first kappa shape index (κ1) is 15.8. The van der Waals surface area contributed by atoms with E-state index in [4.69, 9.17) is 16.3 Å². The predicted molar refractivity (Wildman–Crippen MR) is 81.4 cm³/mol. The Labute approximate surface area is 129 Å². The summed E-state index contributed by atoms with van der Waals surface area (Å²) in [6, 6.07) is 5.30. The fourth-order valence-electron chi connectivity index (χ4n) is 2.20. The number of benzene rings is 1. The van der Waals surface area contributed by atoms with E-state index >= 15 is 0 Å². The number of carbonyl (C=O) groups excluding carboxylic acids is 2. The maximum atomic E-state index is 12.0. The van der Waals surface area contributed by atoms with Crippen molar-refractivity contribution in [3.05, 3.63) is 28.8 Å². The predicted octanol–water partition coefficient (Wildman–Crippen LogP) is 2.22. The van der Waals surface area contributed by atoms with Gasteiger partial charge in [0.05, 0.1) is 13.0 Å². The van der Waals surface area contributed by atoms with Crippen LogP contribution in [0.5, 0.6) is 0 Å². The maximum Gasteiger partial charge on any atom is 0.252 e. The second kappa shape index (κ2) is 6.91. The summed E-state index contributed by atoms with van der Waals surface area (Å²) in [5, 5.41) is 3.33. The molecule has 1 atom stereocenters. The summed E-state index contributed by atoms with van der Waals surface area (Å²) in [4.78, 5) is 25.8. The van der Waals surface area contributed by atoms with E-state index in [1.165, 1.54) is 0 Å². The van der Waals surface area contributed by atoms with Gasteiger partial charge in [-0.15, -0.1) is 0 Å². The number of aryl methyl sites for hydroxylation is 1. The van der Waals surface area contributed by atoms with Gasteiger partial charge in [-0.3, -0.25) is 9.59 Å². The Morgan fingerprint density at radius 2 is 2.29 bits per heavy atom. The van der Waals surface area contributed by atoms with Gasteiger partial charge in [0, 0.05) is 23.8 Å². The Balaban J connectivity index is 1.95. The van der Waals surface area contributed by atoms with Crippen molar-refractivity contribution in [3.63, 3.8) is 0 Å². The van der Waals surface area contributed by atoms with Crippen LogP contribution in [-0.4, -0.2) is 42.5 Å². The van der Waals surface area contributed by atoms with Crippen LogP contribution < -0.4 is 5.32 Å². The van der Waals surface area contributed by atoms with Gasteiger partial charge >= 0.3 is 0 Å². The van der Waals surface area contributed by atoms with Crippen molar-refractivity contribution in [2.45, 2.75) is 26.4 Å². The van der Waals surface area contributed by atoms with Crippen molar-refractivity contribution in [2.24, 2.45) is 0 Å². The van der Waals surface area contributed by atoms with Gasteiger partial charge in [-0.25, -0.2) is 0 Å². The van der Waals surface area contributed by atoms with E-state index < -0.39 is 6.10 Å². The molecule has 2 amide bonds. The third-order valence-corrected chi connectivity index (χ3v) is 3.88. The van der Waals surface area contributed by atoms with Crippen LogP contribution in [0.1, 0.15) is 18.9 Å². The molecule has 114 valence electrons. The highest BCUT2D eigenvalue weighted by Crippen LogP contribution is 2.20. The highest BCUT2D eigenvalue weighted by atomic mass is 35.5. The van der Waals surface area contributed by atoms with E-state index in [2.05, 4.69) is 5.32 Å². The summed E-state index contributed by atoms with van der Waals surface area (Å²) in [6.07, 6.45) is -0.680. The zero-order chi connectivity index (χ0) is 15.4. The number of ether oxygens (including phenoxy) is 1. The molecule has 1 fully saturated rings. The second-order valence-electron chi connectivity index (χ2n) is 4.99. The minimum atomic E-state index is -0.695. The van der Waals surface area contributed by atoms with Crippen LogP contribution in [0.4, 0.5) is 5.69 Å². The molecule has 1 saturated heterocycles. The van der Waals surface area contributed by atoms with Crippen LogP contribution >= 0.6 is 11.6 Å². The maximum absolute atomic E-state index is 12.0. The van der Waals surface area contributed by atoms with Crippen LogP contribution in [0.3, 0.4) is 0 Å². The van der Waals surface area contributed by atoms with E-state index in [-0.39, 0.29) is 18.2 Å². The molecule has 0 spiro atoms. The Morgan fingerprint density at radius 3 is 2.95 bits per heavy atom. The molecule has 1 heterocycles. The van der Waals surface area contributed by atoms with Crippen molar-refractivity contribution in [3.8, 4) is 0 Å². The summed E-state index contributed by atoms with van der Waals surface area (Å²) in [7, 11) is 0. The summed E-state index contributed by atoms with van der Waals surface area (Å²) in [5.74, 6) is -0.382. The average molecular weight is 311 g/mol. The summed E-state index contributed by atoms with van der Waals surface area (Å²) in [6.45, 7) is 5.49. The van der Waals surface area contributed by atoms with Crippen molar-refractivity contribution >= 4 is 29.1 Å². The number of nitrogens with zero attached hydrogens (tertiary/aromatic N) is 1. The quantitative estimate of drug-likeness (QED) is 0.927. The first-order valence-corrected chi connectivity index (χ1v) is 7.35. The lowest BCUT2D eigenvalue weighted by atomic mass is 10.1. The number of likely N-dealkylation sites (N-methyl/N-ethyl adjacent to an activating group) is 1. The van der Waals surface area contributed by atoms with Gasteiger partial charge < -0.3 is 15.0 Å². The van der Waals surface area contributed by atoms with Gasteiger partial charge in [0.25, 0.3) is 5.91 Å². The number of anilines is 1. The smallest absolute Gasteiger partial charge is 0.252 e. The summed E-state index contributed by atoms with van der Waals surface area (Å²) >= 11 is 6.01. The number of carbonyl (C=O) groups is 2. The highest BCUT2D eigenvalue weighted by Gasteiger charge is 2.30. The lowest BCUT2D eigenvalue weighted by Gasteiger charge is -2.31. The largest absolute Gasteiger partial charge is 0.366 e. The number of morpholine rings is 1. The molecule has 5 nitrogen and oxygen atoms in total. The van der Waals surface area contributed by atoms with Gasteiger partial charge in [-0.1, -0.05) is 17.7 Å². The number of nitrogens with one attached hydrogen (secondary N) is 1. The molecule has 0 aromatic heterocycles. The SMILES string of the molecule is CCN1CCOC(CC(=O)Nc2ccc(C)c(Cl)c2)C1=O. The Bertz CT molecular complexity index is 548. The molecule has 1 aliphatic rings. The summed E-state index contributed by atoms with van der Waals surface area (Å²) < 4.78 is 5.40. The highest BCUT2D eigenvalue weighted by molar-refractivity contribution is 6.31. The first-order chi connectivity index (χ1) is 10.0. The van der Waals surface area contributed by atoms with E-state index in [1.54, 1.807) is 17.0 Å². The molecule has 1 unspecified atom stereocenters.